The SMILES string of the molecule is COC(=O)N(CC1C2CNCC21)C(C)(C)C. The van der Waals surface area contributed by atoms with Gasteiger partial charge in [0.05, 0.1) is 7.11 Å². The van der Waals surface area contributed by atoms with E-state index in [1.165, 1.54) is 7.11 Å². The van der Waals surface area contributed by atoms with Crippen LogP contribution in [-0.4, -0.2) is 43.3 Å². The summed E-state index contributed by atoms with van der Waals surface area (Å²) < 4.78 is 4.86. The van der Waals surface area contributed by atoms with E-state index in [0.29, 0.717) is 5.92 Å². The lowest BCUT2D eigenvalue weighted by Gasteiger charge is -2.34. The molecule has 92 valence electrons. The molecular weight excluding hydrogens is 204 g/mol. The molecule has 2 fully saturated rings. The van der Waals surface area contributed by atoms with Crippen LogP contribution in [0.5, 0.6) is 0 Å². The maximum atomic E-state index is 11.7. The number of ether oxygens (including phenoxy) is 1. The summed E-state index contributed by atoms with van der Waals surface area (Å²) in [6, 6.07) is 0. The first-order chi connectivity index (χ1) is 7.45. The van der Waals surface area contributed by atoms with Crippen molar-refractivity contribution in [1.29, 1.82) is 0 Å². The summed E-state index contributed by atoms with van der Waals surface area (Å²) >= 11 is 0. The van der Waals surface area contributed by atoms with Gasteiger partial charge in [0.2, 0.25) is 0 Å². The van der Waals surface area contributed by atoms with Gasteiger partial charge in [-0.3, -0.25) is 0 Å². The summed E-state index contributed by atoms with van der Waals surface area (Å²) in [5.41, 5.74) is -0.155. The van der Waals surface area contributed by atoms with Gasteiger partial charge in [0.15, 0.2) is 0 Å². The maximum Gasteiger partial charge on any atom is 0.409 e. The molecule has 2 atom stereocenters. The fraction of sp³-hybridized carbons (Fsp3) is 0.917. The van der Waals surface area contributed by atoms with Crippen LogP contribution in [-0.2, 0) is 4.74 Å². The van der Waals surface area contributed by atoms with Gasteiger partial charge in [-0.1, -0.05) is 0 Å². The van der Waals surface area contributed by atoms with E-state index in [2.05, 4.69) is 26.1 Å². The summed E-state index contributed by atoms with van der Waals surface area (Å²) in [5.74, 6) is 2.25. The van der Waals surface area contributed by atoms with Crippen LogP contribution < -0.4 is 5.32 Å². The minimum atomic E-state index is -0.203. The predicted molar refractivity (Wildman–Crippen MR) is 62.2 cm³/mol. The Balaban J connectivity index is 1.96. The van der Waals surface area contributed by atoms with Crippen LogP contribution >= 0.6 is 0 Å². The standard InChI is InChI=1S/C12H22N2O2/c1-12(2,3)14(11(15)16-4)7-10-8-5-13-6-9(8)10/h8-10,13H,5-7H2,1-4H3. The Morgan fingerprint density at radius 3 is 2.38 bits per heavy atom. The average molecular weight is 226 g/mol. The molecule has 1 heterocycles. The number of nitrogens with one attached hydrogen (secondary N) is 1. The Hall–Kier alpha value is -0.770. The van der Waals surface area contributed by atoms with E-state index in [1.807, 2.05) is 4.90 Å². The second kappa shape index (κ2) is 3.91. The monoisotopic (exact) mass is 226 g/mol. The molecule has 4 heteroatoms. The van der Waals surface area contributed by atoms with Crippen molar-refractivity contribution in [3.05, 3.63) is 0 Å². The van der Waals surface area contributed by atoms with Crippen molar-refractivity contribution in [2.24, 2.45) is 17.8 Å². The molecule has 0 radical (unpaired) electrons. The number of methoxy groups -OCH3 is 1. The van der Waals surface area contributed by atoms with Crippen molar-refractivity contribution < 1.29 is 9.53 Å². The molecule has 2 rings (SSSR count). The van der Waals surface area contributed by atoms with Gasteiger partial charge in [0.25, 0.3) is 0 Å². The van der Waals surface area contributed by atoms with E-state index in [1.54, 1.807) is 0 Å². The zero-order valence-electron chi connectivity index (χ0n) is 10.6. The molecule has 16 heavy (non-hydrogen) atoms. The van der Waals surface area contributed by atoms with Crippen LogP contribution in [0.15, 0.2) is 0 Å². The Bertz CT molecular complexity index is 275. The summed E-state index contributed by atoms with van der Waals surface area (Å²) in [5, 5.41) is 3.37. The molecule has 2 aliphatic rings. The highest BCUT2D eigenvalue weighted by molar-refractivity contribution is 5.68. The molecule has 1 aliphatic carbocycles. The Kier molecular flexibility index (Phi) is 2.86. The van der Waals surface area contributed by atoms with E-state index in [0.717, 1.165) is 31.5 Å². The normalized spacial score (nSPS) is 32.1. The molecule has 0 aromatic rings. The van der Waals surface area contributed by atoms with Gasteiger partial charge >= 0.3 is 6.09 Å². The zero-order chi connectivity index (χ0) is 11.9. The number of hydrogen-bond acceptors (Lipinski definition) is 3. The van der Waals surface area contributed by atoms with Crippen LogP contribution in [0.25, 0.3) is 0 Å². The van der Waals surface area contributed by atoms with Crippen molar-refractivity contribution in [1.82, 2.24) is 10.2 Å². The van der Waals surface area contributed by atoms with E-state index in [4.69, 9.17) is 4.74 Å². The number of piperidine rings is 1. The second-order valence-electron chi connectivity index (χ2n) is 5.90. The van der Waals surface area contributed by atoms with Crippen molar-refractivity contribution in [2.45, 2.75) is 26.3 Å². The van der Waals surface area contributed by atoms with Crippen LogP contribution in [0.1, 0.15) is 20.8 Å². The fourth-order valence-electron chi connectivity index (χ4n) is 2.76. The van der Waals surface area contributed by atoms with E-state index < -0.39 is 0 Å². The lowest BCUT2D eigenvalue weighted by Crippen LogP contribution is -2.47. The number of nitrogens with zero attached hydrogens (tertiary/aromatic N) is 1. The third kappa shape index (κ3) is 2.03. The van der Waals surface area contributed by atoms with Crippen molar-refractivity contribution in [3.63, 3.8) is 0 Å². The summed E-state index contributed by atoms with van der Waals surface area (Å²) in [6.07, 6.45) is -0.203. The van der Waals surface area contributed by atoms with E-state index >= 15 is 0 Å². The molecule has 1 amide bonds. The second-order valence-corrected chi connectivity index (χ2v) is 5.90. The predicted octanol–water partition coefficient (Wildman–Crippen LogP) is 1.32. The van der Waals surface area contributed by atoms with Gasteiger partial charge in [0.1, 0.15) is 0 Å². The maximum absolute atomic E-state index is 11.7. The molecule has 0 bridgehead atoms. The first-order valence-electron chi connectivity index (χ1n) is 6.01. The summed E-state index contributed by atoms with van der Waals surface area (Å²) in [6.45, 7) is 9.25. The average Bonchev–Trinajstić information content (AvgIpc) is 2.63. The Morgan fingerprint density at radius 2 is 1.94 bits per heavy atom. The van der Waals surface area contributed by atoms with Crippen molar-refractivity contribution in [3.8, 4) is 0 Å². The smallest absolute Gasteiger partial charge is 0.409 e. The highest BCUT2D eigenvalue weighted by atomic mass is 16.5. The third-order valence-corrected chi connectivity index (χ3v) is 3.87. The molecule has 4 nitrogen and oxygen atoms in total. The zero-order valence-corrected chi connectivity index (χ0v) is 10.6. The van der Waals surface area contributed by atoms with Gasteiger partial charge in [-0.25, -0.2) is 4.79 Å². The van der Waals surface area contributed by atoms with Gasteiger partial charge < -0.3 is 15.0 Å². The molecule has 0 spiro atoms. The summed E-state index contributed by atoms with van der Waals surface area (Å²) in [4.78, 5) is 13.6. The number of hydrogen-bond donors (Lipinski definition) is 1. The lowest BCUT2D eigenvalue weighted by molar-refractivity contribution is 0.0787. The largest absolute Gasteiger partial charge is 0.453 e. The number of rotatable bonds is 2. The van der Waals surface area contributed by atoms with Gasteiger partial charge in [-0.05, 0) is 51.6 Å². The Labute approximate surface area is 97.3 Å². The van der Waals surface area contributed by atoms with Crippen LogP contribution in [0, 0.1) is 17.8 Å². The van der Waals surface area contributed by atoms with Gasteiger partial charge in [0, 0.05) is 12.1 Å². The lowest BCUT2D eigenvalue weighted by atomic mass is 10.1. The van der Waals surface area contributed by atoms with E-state index in [-0.39, 0.29) is 11.6 Å². The van der Waals surface area contributed by atoms with Crippen LogP contribution in [0.3, 0.4) is 0 Å². The Morgan fingerprint density at radius 1 is 1.38 bits per heavy atom. The molecule has 1 saturated heterocycles. The molecule has 1 N–H and O–H groups in total. The number of carbonyl (C=O) groups is 1. The van der Waals surface area contributed by atoms with E-state index in [9.17, 15) is 4.79 Å². The first-order valence-corrected chi connectivity index (χ1v) is 6.01. The number of amides is 1. The van der Waals surface area contributed by atoms with Gasteiger partial charge in [-0.2, -0.15) is 0 Å². The first kappa shape index (κ1) is 11.7. The molecule has 2 unspecified atom stereocenters. The number of fused-ring (bicyclic) bond motifs is 1. The fourth-order valence-corrected chi connectivity index (χ4v) is 2.76. The quantitative estimate of drug-likeness (QED) is 0.772. The molecule has 1 saturated carbocycles. The highest BCUT2D eigenvalue weighted by Crippen LogP contribution is 2.49. The van der Waals surface area contributed by atoms with Gasteiger partial charge in [-0.15, -0.1) is 0 Å². The molecular formula is C12H22N2O2. The number of carbonyl (C=O) groups excluding carboxylic acids is 1. The van der Waals surface area contributed by atoms with Crippen molar-refractivity contribution in [2.75, 3.05) is 26.7 Å². The third-order valence-electron chi connectivity index (χ3n) is 3.87. The summed E-state index contributed by atoms with van der Waals surface area (Å²) in [7, 11) is 1.45. The highest BCUT2D eigenvalue weighted by Gasteiger charge is 2.54. The molecule has 0 aromatic heterocycles. The minimum absolute atomic E-state index is 0.155. The van der Waals surface area contributed by atoms with Crippen molar-refractivity contribution >= 4 is 6.09 Å². The topological polar surface area (TPSA) is 41.6 Å². The molecule has 0 aromatic carbocycles. The van der Waals surface area contributed by atoms with Crippen LogP contribution in [0.2, 0.25) is 0 Å². The minimum Gasteiger partial charge on any atom is -0.453 e. The van der Waals surface area contributed by atoms with Crippen LogP contribution in [0.4, 0.5) is 4.79 Å². The molecule has 1 aliphatic heterocycles.